The third kappa shape index (κ3) is 4.79. The fraction of sp³-hybridized carbons (Fsp3) is 0.300. The summed E-state index contributed by atoms with van der Waals surface area (Å²) in [6.45, 7) is 1.88. The second-order valence-corrected chi connectivity index (χ2v) is 12.8. The number of alkyl halides is 6. The molecule has 0 fully saturated rings. The number of hydrogen-bond acceptors (Lipinski definition) is 5. The van der Waals surface area contributed by atoms with Gasteiger partial charge in [0.1, 0.15) is 11.4 Å². The van der Waals surface area contributed by atoms with Gasteiger partial charge in [0.25, 0.3) is 5.60 Å². The number of benzene rings is 3. The Morgan fingerprint density at radius 2 is 1.68 bits per heavy atom. The molecule has 3 aromatic rings. The van der Waals surface area contributed by atoms with E-state index in [0.717, 1.165) is 23.0 Å². The lowest BCUT2D eigenvalue weighted by atomic mass is 9.72. The van der Waals surface area contributed by atoms with Crippen LogP contribution in [0.15, 0.2) is 71.1 Å². The molecule has 2 atom stereocenters. The van der Waals surface area contributed by atoms with Gasteiger partial charge in [-0.05, 0) is 52.9 Å². The third-order valence-electron chi connectivity index (χ3n) is 8.16. The van der Waals surface area contributed by atoms with Gasteiger partial charge in [-0.1, -0.05) is 55.0 Å². The number of carbonyl (C=O) groups is 1. The number of nitrogens with one attached hydrogen (secondary N) is 2. The lowest BCUT2D eigenvalue weighted by molar-refractivity contribution is -0.376. The lowest BCUT2D eigenvalue weighted by Gasteiger charge is -2.38. The van der Waals surface area contributed by atoms with E-state index in [1.165, 1.54) is 18.2 Å². The van der Waals surface area contributed by atoms with Gasteiger partial charge in [-0.15, -0.1) is 0 Å². The number of amides is 1. The van der Waals surface area contributed by atoms with Crippen molar-refractivity contribution < 1.29 is 49.1 Å². The second kappa shape index (κ2) is 10.4. The molecule has 0 spiro atoms. The predicted molar refractivity (Wildman–Crippen MR) is 147 cm³/mol. The van der Waals surface area contributed by atoms with Gasteiger partial charge < -0.3 is 10.4 Å². The van der Waals surface area contributed by atoms with E-state index in [-0.39, 0.29) is 23.6 Å². The smallest absolute Gasteiger partial charge is 0.369 e. The SMILES string of the molecule is CCC1=Cc2ccccc2C1C1(C(=O)Nc2ccc(C(O)(C(F)(F)F)C(F)(F)F)cc2F)NCc2cc(S(C)(=O)=O)ccc21. The van der Waals surface area contributed by atoms with E-state index in [2.05, 4.69) is 10.6 Å². The maximum atomic E-state index is 15.2. The predicted octanol–water partition coefficient (Wildman–Crippen LogP) is 6.07. The summed E-state index contributed by atoms with van der Waals surface area (Å²) < 4.78 is 120. The quantitative estimate of drug-likeness (QED) is 0.284. The summed E-state index contributed by atoms with van der Waals surface area (Å²) in [5.74, 6) is -3.24. The van der Waals surface area contributed by atoms with E-state index in [0.29, 0.717) is 23.6 Å². The highest BCUT2D eigenvalue weighted by molar-refractivity contribution is 7.90. The van der Waals surface area contributed by atoms with Crippen LogP contribution in [0, 0.1) is 5.82 Å². The Bertz CT molecular complexity index is 1790. The molecule has 0 saturated heterocycles. The van der Waals surface area contributed by atoms with Gasteiger partial charge in [0, 0.05) is 24.3 Å². The number of fused-ring (bicyclic) bond motifs is 2. The number of rotatable bonds is 6. The average molecular weight is 643 g/mol. The first kappa shape index (κ1) is 31.7. The minimum Gasteiger partial charge on any atom is -0.369 e. The van der Waals surface area contributed by atoms with E-state index in [9.17, 15) is 44.7 Å². The van der Waals surface area contributed by atoms with Crippen LogP contribution in [0.2, 0.25) is 0 Å². The number of sulfone groups is 1. The van der Waals surface area contributed by atoms with Crippen LogP contribution in [0.1, 0.15) is 47.1 Å². The molecule has 0 radical (unpaired) electrons. The summed E-state index contributed by atoms with van der Waals surface area (Å²) in [4.78, 5) is 14.3. The van der Waals surface area contributed by atoms with Crippen LogP contribution in [0.25, 0.3) is 6.08 Å². The third-order valence-corrected chi connectivity index (χ3v) is 9.27. The Labute approximate surface area is 247 Å². The van der Waals surface area contributed by atoms with E-state index in [1.807, 2.05) is 19.1 Å². The first-order valence-corrected chi connectivity index (χ1v) is 15.1. The average Bonchev–Trinajstić information content (AvgIpc) is 3.50. The normalized spacial score (nSPS) is 20.2. The largest absolute Gasteiger partial charge is 0.430 e. The summed E-state index contributed by atoms with van der Waals surface area (Å²) in [5.41, 5.74) is -6.45. The molecule has 0 saturated carbocycles. The van der Waals surface area contributed by atoms with Crippen LogP contribution in [0.3, 0.4) is 0 Å². The van der Waals surface area contributed by atoms with Crippen LogP contribution in [-0.4, -0.2) is 38.0 Å². The van der Waals surface area contributed by atoms with Gasteiger partial charge in [-0.2, -0.15) is 26.3 Å². The van der Waals surface area contributed by atoms with Crippen molar-refractivity contribution in [3.05, 3.63) is 99.9 Å². The van der Waals surface area contributed by atoms with Gasteiger partial charge >= 0.3 is 12.4 Å². The highest BCUT2D eigenvalue weighted by atomic mass is 32.2. The van der Waals surface area contributed by atoms with Gasteiger partial charge in [-0.25, -0.2) is 12.8 Å². The zero-order valence-electron chi connectivity index (χ0n) is 23.1. The molecular formula is C30H25F7N2O4S. The summed E-state index contributed by atoms with van der Waals surface area (Å²) in [6.07, 6.45) is -9.07. The van der Waals surface area contributed by atoms with Crippen molar-refractivity contribution in [2.75, 3.05) is 11.6 Å². The Hall–Kier alpha value is -3.75. The second-order valence-electron chi connectivity index (χ2n) is 10.7. The molecule has 1 heterocycles. The molecule has 44 heavy (non-hydrogen) atoms. The first-order valence-electron chi connectivity index (χ1n) is 13.2. The topological polar surface area (TPSA) is 95.5 Å². The number of carbonyl (C=O) groups excluding carboxylic acids is 1. The molecule has 2 aliphatic rings. The highest BCUT2D eigenvalue weighted by Gasteiger charge is 2.71. The van der Waals surface area contributed by atoms with Crippen molar-refractivity contribution in [1.29, 1.82) is 0 Å². The summed E-state index contributed by atoms with van der Waals surface area (Å²) >= 11 is 0. The molecule has 0 bridgehead atoms. The van der Waals surface area contributed by atoms with Crippen molar-refractivity contribution in [3.8, 4) is 0 Å². The molecule has 3 N–H and O–H groups in total. The molecular weight excluding hydrogens is 617 g/mol. The zero-order chi connectivity index (χ0) is 32.5. The van der Waals surface area contributed by atoms with Gasteiger partial charge in [-0.3, -0.25) is 10.1 Å². The van der Waals surface area contributed by atoms with Crippen LogP contribution in [0.4, 0.5) is 36.4 Å². The van der Waals surface area contributed by atoms with E-state index >= 15 is 4.39 Å². The van der Waals surface area contributed by atoms with Crippen molar-refractivity contribution in [3.63, 3.8) is 0 Å². The number of aliphatic hydroxyl groups is 1. The van der Waals surface area contributed by atoms with Crippen molar-refractivity contribution in [1.82, 2.24) is 5.32 Å². The minimum absolute atomic E-state index is 0.00390. The molecule has 2 unspecified atom stereocenters. The Morgan fingerprint density at radius 3 is 2.27 bits per heavy atom. The summed E-state index contributed by atoms with van der Waals surface area (Å²) in [7, 11) is -3.63. The number of halogens is 7. The number of hydrogen-bond donors (Lipinski definition) is 3. The van der Waals surface area contributed by atoms with Crippen LogP contribution in [-0.2, 0) is 32.3 Å². The first-order chi connectivity index (χ1) is 20.4. The van der Waals surface area contributed by atoms with E-state index < -0.39 is 62.2 Å². The Morgan fingerprint density at radius 1 is 1.02 bits per heavy atom. The maximum Gasteiger partial charge on any atom is 0.430 e. The van der Waals surface area contributed by atoms with E-state index in [4.69, 9.17) is 0 Å². The van der Waals surface area contributed by atoms with E-state index in [1.54, 1.807) is 18.2 Å². The minimum atomic E-state index is -6.23. The lowest BCUT2D eigenvalue weighted by Crippen LogP contribution is -2.54. The molecule has 6 nitrogen and oxygen atoms in total. The summed E-state index contributed by atoms with van der Waals surface area (Å²) in [6, 6.07) is 12.0. The Balaban J connectivity index is 1.64. The van der Waals surface area contributed by atoms with Crippen LogP contribution < -0.4 is 10.6 Å². The standard InChI is InChI=1S/C30H25F7N2O4S/c1-3-16-12-17-6-4-5-7-21(17)25(16)27(22-10-9-20(44(2,42)43)13-18(22)15-38-27)26(40)39-24-11-8-19(14-23(24)31)28(41,29(32,33)34)30(35,36)37/h4-14,25,38,41H,3,15H2,1-2H3,(H,39,40). The zero-order valence-corrected chi connectivity index (χ0v) is 23.9. The van der Waals surface area contributed by atoms with Gasteiger partial charge in [0.15, 0.2) is 9.84 Å². The Kier molecular flexibility index (Phi) is 7.50. The molecule has 1 aliphatic carbocycles. The van der Waals surface area contributed by atoms with Crippen molar-refractivity contribution >= 4 is 27.5 Å². The van der Waals surface area contributed by atoms with Gasteiger partial charge in [0.2, 0.25) is 5.91 Å². The van der Waals surface area contributed by atoms with Crippen LogP contribution in [0.5, 0.6) is 0 Å². The van der Waals surface area contributed by atoms with Crippen molar-refractivity contribution in [2.24, 2.45) is 0 Å². The molecule has 14 heteroatoms. The number of anilines is 1. The monoisotopic (exact) mass is 642 g/mol. The molecule has 0 aromatic heterocycles. The molecule has 5 rings (SSSR count). The molecule has 234 valence electrons. The fourth-order valence-corrected chi connectivity index (χ4v) is 6.68. The maximum absolute atomic E-state index is 15.2. The highest BCUT2D eigenvalue weighted by Crippen LogP contribution is 2.53. The van der Waals surface area contributed by atoms with Crippen LogP contribution >= 0.6 is 0 Å². The molecule has 1 amide bonds. The van der Waals surface area contributed by atoms with Gasteiger partial charge in [0.05, 0.1) is 10.6 Å². The van der Waals surface area contributed by atoms with Crippen molar-refractivity contribution in [2.45, 2.75) is 54.2 Å². The fourth-order valence-electron chi connectivity index (χ4n) is 6.01. The molecule has 3 aromatic carbocycles. The summed E-state index contributed by atoms with van der Waals surface area (Å²) in [5, 5.41) is 15.2. The molecule has 1 aliphatic heterocycles.